The summed E-state index contributed by atoms with van der Waals surface area (Å²) in [5.41, 5.74) is 31.9. The van der Waals surface area contributed by atoms with Gasteiger partial charge in [0.25, 0.3) is 0 Å². The maximum Gasteiger partial charge on any atom is 0.167 e. The predicted octanol–water partition coefficient (Wildman–Crippen LogP) is -18.3. The van der Waals surface area contributed by atoms with Crippen LogP contribution in [0.15, 0.2) is 65.1 Å². The van der Waals surface area contributed by atoms with Crippen LogP contribution in [0.3, 0.4) is 0 Å². The van der Waals surface area contributed by atoms with Gasteiger partial charge >= 0.3 is 0 Å². The number of rotatable bonds is 5. The van der Waals surface area contributed by atoms with Gasteiger partial charge in [-0.05, 0) is 38.5 Å². The Balaban J connectivity index is 1.49. The lowest BCUT2D eigenvalue weighted by atomic mass is 9.55. The highest BCUT2D eigenvalue weighted by Crippen LogP contribution is 2.39. The highest BCUT2D eigenvalue weighted by molar-refractivity contribution is 6.73. The molecule has 4 nitrogen and oxygen atoms in total. The summed E-state index contributed by atoms with van der Waals surface area (Å²) >= 11 is 0. The Morgan fingerprint density at radius 3 is 1.03 bits per heavy atom. The van der Waals surface area contributed by atoms with E-state index in [-0.39, 0.29) is 0 Å². The fourth-order valence-electron chi connectivity index (χ4n) is 11.1. The fourth-order valence-corrected chi connectivity index (χ4v) is 11.1. The van der Waals surface area contributed by atoms with Crippen molar-refractivity contribution in [1.82, 2.24) is 15.0 Å². The van der Waals surface area contributed by atoms with Gasteiger partial charge in [-0.15, -0.1) is 27.3 Å². The molecule has 0 radical (unpaired) electrons. The summed E-state index contributed by atoms with van der Waals surface area (Å²) in [6.45, 7) is 0. The summed E-state index contributed by atoms with van der Waals surface area (Å²) < 4.78 is 7.51. The molecule has 0 aliphatic carbocycles. The second-order valence-electron chi connectivity index (χ2n) is 18.8. The molecule has 21 heteroatoms. The van der Waals surface area contributed by atoms with Crippen LogP contribution in [0.1, 0.15) is 0 Å². The standard InChI is InChI=1S/C43H44B17N3O/c44-22-16-19(31(53)35(57)34(56)28(16)50)33(55)40-20(22)14-13(15-24(46)26(48)17(27(49)25(15)47)18-29(51)36(58)38(60)37(59)30(18)52)23(45)32(54)21(39(14)64-40)43-62-41(11-7-3-1-4-8-11)61-42(63-43)12-9-5-2-6-10-12/h1-10H,44-60H2. The second-order valence-corrected chi connectivity index (χ2v) is 18.8. The number of furan rings is 1. The van der Waals surface area contributed by atoms with E-state index in [9.17, 15) is 0 Å². The molecule has 9 aromatic rings. The monoisotopic (exact) mass is 806 g/mol. The first-order valence-corrected chi connectivity index (χ1v) is 22.8. The molecule has 0 unspecified atom stereocenters. The van der Waals surface area contributed by atoms with E-state index in [1.54, 1.807) is 0 Å². The topological polar surface area (TPSA) is 51.8 Å². The first-order valence-electron chi connectivity index (χ1n) is 22.8. The van der Waals surface area contributed by atoms with Gasteiger partial charge in [-0.1, -0.05) is 121 Å². The maximum absolute atomic E-state index is 7.51. The van der Waals surface area contributed by atoms with E-state index in [4.69, 9.17) is 19.4 Å². The first kappa shape index (κ1) is 43.9. The molecule has 2 aromatic heterocycles. The molecular weight excluding hydrogens is 758 g/mol. The molecule has 64 heavy (non-hydrogen) atoms. The van der Waals surface area contributed by atoms with Crippen molar-refractivity contribution in [2.24, 2.45) is 0 Å². The quantitative estimate of drug-likeness (QED) is 0.163. The van der Waals surface area contributed by atoms with E-state index in [1.165, 1.54) is 126 Å². The molecule has 0 spiro atoms. The van der Waals surface area contributed by atoms with Crippen molar-refractivity contribution in [1.29, 1.82) is 0 Å². The Morgan fingerprint density at radius 2 is 0.578 bits per heavy atom. The zero-order chi connectivity index (χ0) is 46.0. The molecule has 0 saturated carbocycles. The lowest BCUT2D eigenvalue weighted by molar-refractivity contribution is 0.673. The number of nitrogens with zero attached hydrogens (tertiary/aromatic N) is 3. The molecule has 0 aliphatic heterocycles. The van der Waals surface area contributed by atoms with Gasteiger partial charge in [0.05, 0.1) is 5.56 Å². The van der Waals surface area contributed by atoms with Crippen LogP contribution in [0, 0.1) is 0 Å². The van der Waals surface area contributed by atoms with Crippen LogP contribution in [0.5, 0.6) is 0 Å². The molecule has 0 atom stereocenters. The van der Waals surface area contributed by atoms with Crippen molar-refractivity contribution in [3.63, 3.8) is 0 Å². The summed E-state index contributed by atoms with van der Waals surface area (Å²) in [6.07, 6.45) is 0. The van der Waals surface area contributed by atoms with E-state index < -0.39 is 0 Å². The van der Waals surface area contributed by atoms with Crippen molar-refractivity contribution in [3.8, 4) is 56.4 Å². The van der Waals surface area contributed by atoms with Crippen LogP contribution in [0.25, 0.3) is 89.1 Å². The zero-order valence-corrected chi connectivity index (χ0v) is 41.0. The summed E-state index contributed by atoms with van der Waals surface area (Å²) in [4.78, 5) is 15.8. The first-order chi connectivity index (χ1) is 30.4. The largest absolute Gasteiger partial charge is 0.456 e. The molecule has 7 aromatic carbocycles. The van der Waals surface area contributed by atoms with Gasteiger partial charge in [0.1, 0.15) is 145 Å². The lowest BCUT2D eigenvalue weighted by Crippen LogP contribution is -2.57. The molecule has 0 bridgehead atoms. The van der Waals surface area contributed by atoms with Crippen LogP contribution < -0.4 is 92.9 Å². The van der Waals surface area contributed by atoms with Crippen LogP contribution >= 0.6 is 0 Å². The van der Waals surface area contributed by atoms with Crippen LogP contribution in [0.2, 0.25) is 0 Å². The minimum atomic E-state index is 0.607. The smallest absolute Gasteiger partial charge is 0.167 e. The van der Waals surface area contributed by atoms with Crippen molar-refractivity contribution < 1.29 is 4.42 Å². The van der Waals surface area contributed by atoms with Crippen LogP contribution in [-0.4, -0.2) is 148 Å². The van der Waals surface area contributed by atoms with Crippen molar-refractivity contribution >= 4 is 259 Å². The average Bonchev–Trinajstić information content (AvgIpc) is 3.70. The summed E-state index contributed by atoms with van der Waals surface area (Å²) in [6, 6.07) is 20.5. The van der Waals surface area contributed by atoms with E-state index in [1.807, 2.05) is 36.4 Å². The maximum atomic E-state index is 7.51. The molecule has 0 N–H and O–H groups in total. The van der Waals surface area contributed by atoms with Crippen molar-refractivity contribution in [3.05, 3.63) is 60.7 Å². The average molecular weight is 803 g/mol. The van der Waals surface area contributed by atoms with Crippen molar-refractivity contribution in [2.45, 2.75) is 0 Å². The van der Waals surface area contributed by atoms with Gasteiger partial charge in [-0.3, -0.25) is 0 Å². The molecule has 9 rings (SSSR count). The highest BCUT2D eigenvalue weighted by Gasteiger charge is 2.30. The number of hydrogen-bond donors (Lipinski definition) is 0. The lowest BCUT2D eigenvalue weighted by Gasteiger charge is -2.29. The van der Waals surface area contributed by atoms with Crippen LogP contribution in [0.4, 0.5) is 0 Å². The normalized spacial score (nSPS) is 11.6. The van der Waals surface area contributed by atoms with E-state index in [0.717, 1.165) is 38.7 Å². The molecular formula is C43H44B17N3O. The minimum Gasteiger partial charge on any atom is -0.456 e. The Hall–Kier alpha value is -5.29. The van der Waals surface area contributed by atoms with Gasteiger partial charge in [0, 0.05) is 21.9 Å². The Bertz CT molecular complexity index is 3410. The van der Waals surface area contributed by atoms with Crippen molar-refractivity contribution in [2.75, 3.05) is 0 Å². The molecule has 0 amide bonds. The zero-order valence-electron chi connectivity index (χ0n) is 41.0. The van der Waals surface area contributed by atoms with Gasteiger partial charge in [-0.25, -0.2) is 15.0 Å². The number of hydrogen-bond acceptors (Lipinski definition) is 4. The number of aromatic nitrogens is 3. The Kier molecular flexibility index (Phi) is 11.0. The number of fused-ring (bicyclic) bond motifs is 4. The molecule has 0 fully saturated rings. The van der Waals surface area contributed by atoms with Gasteiger partial charge in [-0.2, -0.15) is 0 Å². The second kappa shape index (κ2) is 16.0. The SMILES string of the molecule is Bc1c(B)c(B)c(-c2c(B)c(B)c(-c3c(B)c(B)c(-c4nc(-c5ccccc5)nc(-c5ccccc5)n4)c4oc5c(B)c6c(B)c(B)c(B)c(B)c6c(B)c5c34)c(B)c2B)c(B)c1B. The predicted molar refractivity (Wildman–Crippen MR) is 331 cm³/mol. The molecule has 2 heterocycles. The molecule has 0 aliphatic rings. The summed E-state index contributed by atoms with van der Waals surface area (Å²) in [5.74, 6) is 1.87. The van der Waals surface area contributed by atoms with Gasteiger partial charge in [0.15, 0.2) is 17.5 Å². The van der Waals surface area contributed by atoms with E-state index in [0.29, 0.717) is 17.5 Å². The van der Waals surface area contributed by atoms with Crippen LogP contribution in [-0.2, 0) is 0 Å². The van der Waals surface area contributed by atoms with E-state index >= 15 is 0 Å². The Morgan fingerprint density at radius 1 is 0.250 bits per heavy atom. The summed E-state index contributed by atoms with van der Waals surface area (Å²) in [7, 11) is 39.0. The third-order valence-corrected chi connectivity index (χ3v) is 15.9. The molecule has 288 valence electrons. The number of benzene rings is 7. The van der Waals surface area contributed by atoms with E-state index in [2.05, 4.69) is 158 Å². The minimum absolute atomic E-state index is 0.607. The summed E-state index contributed by atoms with van der Waals surface area (Å²) in [5, 5.41) is 4.90. The fraction of sp³-hybridized carbons (Fsp3) is 0. The third-order valence-electron chi connectivity index (χ3n) is 15.9. The third kappa shape index (κ3) is 6.33. The molecule has 0 saturated heterocycles. The Labute approximate surface area is 393 Å². The van der Waals surface area contributed by atoms with Gasteiger partial charge in [0.2, 0.25) is 0 Å². The highest BCUT2D eigenvalue weighted by atomic mass is 16.3. The van der Waals surface area contributed by atoms with Gasteiger partial charge < -0.3 is 4.42 Å².